The zero-order valence-corrected chi connectivity index (χ0v) is 7.06. The Balaban J connectivity index is 4.20. The Labute approximate surface area is 70.0 Å². The largest absolute Gasteiger partial charge is 0.597 e. The number of aliphatic carboxylic acids is 1. The molecule has 0 fully saturated rings. The van der Waals surface area contributed by atoms with Gasteiger partial charge in [0, 0.05) is 6.42 Å². The standard InChI is InChI=1S/C6H12N2O4/c1-3-5(6(9)10)8(11)7-12-4-2/h5H,3-4H2,1-2H3,(H,9,10)/b8-7-. The summed E-state index contributed by atoms with van der Waals surface area (Å²) in [6.45, 7) is 3.49. The summed E-state index contributed by atoms with van der Waals surface area (Å²) in [7, 11) is 0. The monoisotopic (exact) mass is 176 g/mol. The van der Waals surface area contributed by atoms with Crippen LogP contribution in [0.25, 0.3) is 0 Å². The van der Waals surface area contributed by atoms with E-state index in [1.807, 2.05) is 0 Å². The molecule has 12 heavy (non-hydrogen) atoms. The molecular weight excluding hydrogens is 164 g/mol. The van der Waals surface area contributed by atoms with Crippen LogP contribution in [-0.2, 0) is 9.63 Å². The third kappa shape index (κ3) is 3.18. The predicted octanol–water partition coefficient (Wildman–Crippen LogP) is 0.764. The van der Waals surface area contributed by atoms with Crippen LogP contribution >= 0.6 is 0 Å². The molecule has 6 nitrogen and oxygen atoms in total. The van der Waals surface area contributed by atoms with Crippen molar-refractivity contribution in [2.24, 2.45) is 5.28 Å². The van der Waals surface area contributed by atoms with Crippen molar-refractivity contribution in [1.82, 2.24) is 0 Å². The summed E-state index contributed by atoms with van der Waals surface area (Å²) in [6.07, 6.45) is 0.190. The maximum atomic E-state index is 10.8. The van der Waals surface area contributed by atoms with Gasteiger partial charge in [0.05, 0.1) is 0 Å². The summed E-state index contributed by atoms with van der Waals surface area (Å²) in [5.74, 6) is -1.20. The van der Waals surface area contributed by atoms with E-state index in [0.717, 1.165) is 0 Å². The summed E-state index contributed by atoms with van der Waals surface area (Å²) in [5.41, 5.74) is 0. The van der Waals surface area contributed by atoms with Crippen molar-refractivity contribution < 1.29 is 19.6 Å². The quantitative estimate of drug-likeness (QED) is 0.380. The van der Waals surface area contributed by atoms with E-state index >= 15 is 0 Å². The van der Waals surface area contributed by atoms with Crippen molar-refractivity contribution in [2.75, 3.05) is 6.61 Å². The van der Waals surface area contributed by atoms with Crippen molar-refractivity contribution in [3.05, 3.63) is 5.21 Å². The van der Waals surface area contributed by atoms with Crippen LogP contribution < -0.4 is 0 Å². The first kappa shape index (κ1) is 10.7. The highest BCUT2D eigenvalue weighted by molar-refractivity contribution is 5.71. The molecule has 1 unspecified atom stereocenters. The molecule has 0 heterocycles. The fourth-order valence-electron chi connectivity index (χ4n) is 0.597. The molecule has 1 atom stereocenters. The highest BCUT2D eigenvalue weighted by Gasteiger charge is 2.25. The van der Waals surface area contributed by atoms with E-state index in [1.54, 1.807) is 13.8 Å². The summed E-state index contributed by atoms with van der Waals surface area (Å²) >= 11 is 0. The minimum Gasteiger partial charge on any atom is -0.597 e. The van der Waals surface area contributed by atoms with Gasteiger partial charge in [0.1, 0.15) is 6.61 Å². The Morgan fingerprint density at radius 1 is 1.75 bits per heavy atom. The smallest absolute Gasteiger partial charge is 0.377 e. The van der Waals surface area contributed by atoms with Crippen molar-refractivity contribution in [1.29, 1.82) is 0 Å². The van der Waals surface area contributed by atoms with Gasteiger partial charge < -0.3 is 15.2 Å². The van der Waals surface area contributed by atoms with Crippen molar-refractivity contribution in [2.45, 2.75) is 26.3 Å². The van der Waals surface area contributed by atoms with Crippen molar-refractivity contribution in [3.8, 4) is 0 Å². The maximum absolute atomic E-state index is 10.8. The number of rotatable bonds is 5. The zero-order valence-electron chi connectivity index (χ0n) is 7.06. The van der Waals surface area contributed by atoms with Crippen LogP contribution in [0, 0.1) is 5.21 Å². The van der Waals surface area contributed by atoms with Crippen LogP contribution in [0.3, 0.4) is 0 Å². The number of hydroxylamine groups is 1. The molecule has 0 spiro atoms. The van der Waals surface area contributed by atoms with E-state index < -0.39 is 12.0 Å². The topological polar surface area (TPSA) is 85.0 Å². The number of carboxylic acids is 1. The second-order valence-electron chi connectivity index (χ2n) is 2.06. The van der Waals surface area contributed by atoms with Crippen molar-refractivity contribution >= 4 is 5.97 Å². The molecule has 0 bridgehead atoms. The average Bonchev–Trinajstić information content (AvgIpc) is 2.01. The molecule has 0 aliphatic rings. The van der Waals surface area contributed by atoms with Gasteiger partial charge in [-0.15, -0.1) is 0 Å². The van der Waals surface area contributed by atoms with Gasteiger partial charge in [-0.1, -0.05) is 6.92 Å². The van der Waals surface area contributed by atoms with Gasteiger partial charge in [0.2, 0.25) is 5.28 Å². The molecule has 0 aromatic carbocycles. The van der Waals surface area contributed by atoms with Crippen LogP contribution in [0.15, 0.2) is 5.28 Å². The first-order valence-electron chi connectivity index (χ1n) is 3.65. The first-order valence-corrected chi connectivity index (χ1v) is 3.65. The van der Waals surface area contributed by atoms with Crippen LogP contribution in [0.2, 0.25) is 0 Å². The summed E-state index contributed by atoms with van der Waals surface area (Å²) in [5, 5.41) is 22.3. The fraction of sp³-hybridized carbons (Fsp3) is 0.833. The molecule has 0 rings (SSSR count). The average molecular weight is 176 g/mol. The first-order chi connectivity index (χ1) is 5.63. The van der Waals surface area contributed by atoms with Crippen LogP contribution in [0.1, 0.15) is 20.3 Å². The van der Waals surface area contributed by atoms with Gasteiger partial charge in [-0.25, -0.2) is 4.79 Å². The third-order valence-corrected chi connectivity index (χ3v) is 1.21. The van der Waals surface area contributed by atoms with Gasteiger partial charge in [0.15, 0.2) is 0 Å². The van der Waals surface area contributed by atoms with E-state index in [4.69, 9.17) is 5.11 Å². The lowest BCUT2D eigenvalue weighted by Gasteiger charge is -2.05. The normalized spacial score (nSPS) is 14.0. The Hall–Kier alpha value is -1.33. The second kappa shape index (κ2) is 5.34. The lowest BCUT2D eigenvalue weighted by atomic mass is 10.2. The lowest BCUT2D eigenvalue weighted by molar-refractivity contribution is -0.583. The molecule has 0 saturated heterocycles. The number of hydrogen-bond donors (Lipinski definition) is 1. The van der Waals surface area contributed by atoms with E-state index in [1.165, 1.54) is 0 Å². The molecule has 0 aliphatic heterocycles. The molecule has 0 amide bonds. The van der Waals surface area contributed by atoms with E-state index in [9.17, 15) is 10.0 Å². The van der Waals surface area contributed by atoms with Gasteiger partial charge in [-0.05, 0) is 11.8 Å². The number of hydrogen-bond acceptors (Lipinski definition) is 4. The molecule has 0 aromatic heterocycles. The van der Waals surface area contributed by atoms with E-state index in [-0.39, 0.29) is 17.9 Å². The highest BCUT2D eigenvalue weighted by atomic mass is 16.7. The third-order valence-electron chi connectivity index (χ3n) is 1.21. The zero-order chi connectivity index (χ0) is 9.56. The van der Waals surface area contributed by atoms with Crippen LogP contribution in [0.5, 0.6) is 0 Å². The highest BCUT2D eigenvalue weighted by Crippen LogP contribution is 1.97. The van der Waals surface area contributed by atoms with E-state index in [2.05, 4.69) is 10.1 Å². The molecular formula is C6H12N2O4. The summed E-state index contributed by atoms with van der Waals surface area (Å²) in [6, 6.07) is -1.16. The summed E-state index contributed by atoms with van der Waals surface area (Å²) < 4.78 is 0. The molecule has 6 heteroatoms. The second-order valence-corrected chi connectivity index (χ2v) is 2.06. The molecule has 0 aliphatic carbocycles. The number of carbonyl (C=O) groups is 1. The van der Waals surface area contributed by atoms with Crippen LogP contribution in [0.4, 0.5) is 0 Å². The maximum Gasteiger partial charge on any atom is 0.377 e. The number of nitrogens with zero attached hydrogens (tertiary/aromatic N) is 2. The van der Waals surface area contributed by atoms with Gasteiger partial charge in [-0.3, -0.25) is 0 Å². The molecule has 0 aromatic rings. The Bertz CT molecular complexity index is 180. The minimum atomic E-state index is -1.20. The van der Waals surface area contributed by atoms with Crippen molar-refractivity contribution in [3.63, 3.8) is 0 Å². The Morgan fingerprint density at radius 3 is 2.67 bits per heavy atom. The minimum absolute atomic E-state index is 0.0613. The number of carboxylic acid groups (broad SMARTS) is 1. The molecule has 70 valence electrons. The molecule has 0 saturated carbocycles. The predicted molar refractivity (Wildman–Crippen MR) is 39.4 cm³/mol. The van der Waals surface area contributed by atoms with Gasteiger partial charge in [0.25, 0.3) is 6.04 Å². The SMILES string of the molecule is CCO/N=[N+](\[O-])C(CC)C(=O)O. The molecule has 0 radical (unpaired) electrons. The summed E-state index contributed by atoms with van der Waals surface area (Å²) in [4.78, 5) is 14.8. The van der Waals surface area contributed by atoms with Gasteiger partial charge in [-0.2, -0.15) is 0 Å². The van der Waals surface area contributed by atoms with E-state index in [0.29, 0.717) is 0 Å². The van der Waals surface area contributed by atoms with Gasteiger partial charge >= 0.3 is 5.97 Å². The molecule has 1 N–H and O–H groups in total. The van der Waals surface area contributed by atoms with Crippen LogP contribution in [-0.4, -0.2) is 28.6 Å². The Morgan fingerprint density at radius 2 is 2.33 bits per heavy atom. The fourth-order valence-corrected chi connectivity index (χ4v) is 0.597. The Kier molecular flexibility index (Phi) is 4.75. The lowest BCUT2D eigenvalue weighted by Crippen LogP contribution is -2.29.